The number of halogens is 3. The lowest BCUT2D eigenvalue weighted by atomic mass is 9.69. The Labute approximate surface area is 107 Å². The number of rotatable bonds is 2. The molecule has 1 aliphatic rings. The molecule has 6 heteroatoms. The number of phenols is 1. The van der Waals surface area contributed by atoms with Crippen molar-refractivity contribution < 1.29 is 28.2 Å². The molecule has 0 unspecified atom stereocenters. The molecule has 2 N–H and O–H groups in total. The van der Waals surface area contributed by atoms with Gasteiger partial charge in [-0.25, -0.2) is 8.78 Å². The van der Waals surface area contributed by atoms with Crippen molar-refractivity contribution in [3.63, 3.8) is 0 Å². The molecule has 0 radical (unpaired) electrons. The minimum absolute atomic E-state index is 0.143. The predicted octanol–water partition coefficient (Wildman–Crippen LogP) is 3.10. The van der Waals surface area contributed by atoms with Gasteiger partial charge in [0.05, 0.1) is 5.41 Å². The van der Waals surface area contributed by atoms with Gasteiger partial charge in [0, 0.05) is 5.56 Å². The van der Waals surface area contributed by atoms with Crippen LogP contribution in [0.15, 0.2) is 6.07 Å². The smallest absolute Gasteiger partial charge is 0.314 e. The highest BCUT2D eigenvalue weighted by Crippen LogP contribution is 2.43. The van der Waals surface area contributed by atoms with Gasteiger partial charge >= 0.3 is 5.97 Å². The number of hydrogen-bond donors (Lipinski definition) is 2. The average molecular weight is 274 g/mol. The summed E-state index contributed by atoms with van der Waals surface area (Å²) in [6, 6.07) is 0.545. The molecule has 2 rings (SSSR count). The van der Waals surface area contributed by atoms with Crippen LogP contribution in [0.3, 0.4) is 0 Å². The number of hydrogen-bond acceptors (Lipinski definition) is 2. The lowest BCUT2D eigenvalue weighted by Gasteiger charge is -2.34. The molecule has 104 valence electrons. The van der Waals surface area contributed by atoms with Crippen LogP contribution in [0.5, 0.6) is 5.75 Å². The maximum Gasteiger partial charge on any atom is 0.314 e. The second-order valence-corrected chi connectivity index (χ2v) is 4.83. The molecule has 0 aliphatic heterocycles. The SMILES string of the molecule is O=C(O)C1(c2cc(F)c(F)c(O)c2F)CCCCC1. The number of aromatic hydroxyl groups is 1. The van der Waals surface area contributed by atoms with Crippen molar-refractivity contribution in [2.24, 2.45) is 0 Å². The number of aliphatic carboxylic acids is 1. The van der Waals surface area contributed by atoms with Crippen LogP contribution < -0.4 is 0 Å². The summed E-state index contributed by atoms with van der Waals surface area (Å²) in [4.78, 5) is 11.5. The van der Waals surface area contributed by atoms with Crippen molar-refractivity contribution in [3.8, 4) is 5.75 Å². The summed E-state index contributed by atoms with van der Waals surface area (Å²) in [5.74, 6) is -7.27. The molecule has 1 saturated carbocycles. The molecule has 0 spiro atoms. The zero-order chi connectivity index (χ0) is 14.2. The lowest BCUT2D eigenvalue weighted by Crippen LogP contribution is -2.38. The van der Waals surface area contributed by atoms with Gasteiger partial charge in [-0.05, 0) is 18.9 Å². The molecular formula is C13H13F3O3. The van der Waals surface area contributed by atoms with Gasteiger partial charge in [0.25, 0.3) is 0 Å². The summed E-state index contributed by atoms with van der Waals surface area (Å²) in [5, 5.41) is 18.6. The van der Waals surface area contributed by atoms with Crippen molar-refractivity contribution in [2.75, 3.05) is 0 Å². The number of carboxylic acid groups (broad SMARTS) is 1. The molecule has 19 heavy (non-hydrogen) atoms. The zero-order valence-electron chi connectivity index (χ0n) is 10.0. The van der Waals surface area contributed by atoms with Gasteiger partial charge in [-0.2, -0.15) is 4.39 Å². The molecule has 0 aromatic heterocycles. The molecule has 1 fully saturated rings. The molecule has 0 saturated heterocycles. The highest BCUT2D eigenvalue weighted by Gasteiger charge is 2.44. The van der Waals surface area contributed by atoms with Crippen LogP contribution in [-0.4, -0.2) is 16.2 Å². The monoisotopic (exact) mass is 274 g/mol. The fourth-order valence-electron chi connectivity index (χ4n) is 2.69. The van der Waals surface area contributed by atoms with Crippen LogP contribution in [-0.2, 0) is 10.2 Å². The number of phenolic OH excluding ortho intramolecular Hbond substituents is 1. The van der Waals surface area contributed by atoms with Crippen LogP contribution in [0.2, 0.25) is 0 Å². The fourth-order valence-corrected chi connectivity index (χ4v) is 2.69. The van der Waals surface area contributed by atoms with Crippen molar-refractivity contribution in [1.29, 1.82) is 0 Å². The molecule has 3 nitrogen and oxygen atoms in total. The first-order chi connectivity index (χ1) is 8.90. The number of carboxylic acids is 1. The minimum atomic E-state index is -1.70. The summed E-state index contributed by atoms with van der Waals surface area (Å²) in [5.41, 5.74) is -2.06. The number of benzene rings is 1. The highest BCUT2D eigenvalue weighted by molar-refractivity contribution is 5.81. The van der Waals surface area contributed by atoms with E-state index in [-0.39, 0.29) is 12.8 Å². The fraction of sp³-hybridized carbons (Fsp3) is 0.462. The number of carbonyl (C=O) groups is 1. The molecule has 1 aliphatic carbocycles. The van der Waals surface area contributed by atoms with Crippen LogP contribution >= 0.6 is 0 Å². The van der Waals surface area contributed by atoms with E-state index in [0.717, 1.165) is 6.42 Å². The van der Waals surface area contributed by atoms with Gasteiger partial charge in [0.15, 0.2) is 17.4 Å². The Balaban J connectivity index is 2.64. The van der Waals surface area contributed by atoms with E-state index in [1.165, 1.54) is 0 Å². The Morgan fingerprint density at radius 3 is 2.21 bits per heavy atom. The van der Waals surface area contributed by atoms with E-state index in [4.69, 9.17) is 0 Å². The standard InChI is InChI=1S/C13H13F3O3/c14-8-6-7(9(15)11(17)10(8)16)13(12(18)19)4-2-1-3-5-13/h6,17H,1-5H2,(H,18,19). The summed E-state index contributed by atoms with van der Waals surface area (Å²) < 4.78 is 40.3. The maximum atomic E-state index is 13.9. The summed E-state index contributed by atoms with van der Waals surface area (Å²) >= 11 is 0. The third kappa shape index (κ3) is 2.05. The Morgan fingerprint density at radius 1 is 1.11 bits per heavy atom. The third-order valence-electron chi connectivity index (χ3n) is 3.77. The second kappa shape index (κ2) is 4.75. The maximum absolute atomic E-state index is 13.9. The van der Waals surface area contributed by atoms with Gasteiger partial charge in [-0.1, -0.05) is 19.3 Å². The van der Waals surface area contributed by atoms with E-state index < -0.39 is 40.1 Å². The van der Waals surface area contributed by atoms with E-state index in [9.17, 15) is 28.2 Å². The van der Waals surface area contributed by atoms with Gasteiger partial charge in [-0.15, -0.1) is 0 Å². The van der Waals surface area contributed by atoms with E-state index >= 15 is 0 Å². The first kappa shape index (κ1) is 13.7. The summed E-state index contributed by atoms with van der Waals surface area (Å²) in [6.45, 7) is 0. The van der Waals surface area contributed by atoms with Gasteiger partial charge < -0.3 is 10.2 Å². The van der Waals surface area contributed by atoms with Crippen molar-refractivity contribution in [2.45, 2.75) is 37.5 Å². The third-order valence-corrected chi connectivity index (χ3v) is 3.77. The average Bonchev–Trinajstić information content (AvgIpc) is 2.41. The largest absolute Gasteiger partial charge is 0.503 e. The van der Waals surface area contributed by atoms with Crippen molar-refractivity contribution in [3.05, 3.63) is 29.1 Å². The van der Waals surface area contributed by atoms with E-state index in [1.807, 2.05) is 0 Å². The predicted molar refractivity (Wildman–Crippen MR) is 60.4 cm³/mol. The van der Waals surface area contributed by atoms with Crippen LogP contribution in [0, 0.1) is 17.5 Å². The van der Waals surface area contributed by atoms with E-state index in [1.54, 1.807) is 0 Å². The first-order valence-electron chi connectivity index (χ1n) is 6.00. The Hall–Kier alpha value is -1.72. The van der Waals surface area contributed by atoms with E-state index in [0.29, 0.717) is 18.9 Å². The van der Waals surface area contributed by atoms with Crippen LogP contribution in [0.4, 0.5) is 13.2 Å². The molecule has 1 aromatic rings. The molecule has 0 amide bonds. The Kier molecular flexibility index (Phi) is 3.43. The molecule has 0 bridgehead atoms. The van der Waals surface area contributed by atoms with Crippen molar-refractivity contribution in [1.82, 2.24) is 0 Å². The zero-order valence-corrected chi connectivity index (χ0v) is 10.0. The normalized spacial score (nSPS) is 18.3. The Bertz CT molecular complexity index is 522. The molecule has 1 aromatic carbocycles. The van der Waals surface area contributed by atoms with Gasteiger partial charge in [-0.3, -0.25) is 4.79 Å². The highest BCUT2D eigenvalue weighted by atomic mass is 19.2. The van der Waals surface area contributed by atoms with E-state index in [2.05, 4.69) is 0 Å². The van der Waals surface area contributed by atoms with Gasteiger partial charge in [0.2, 0.25) is 5.82 Å². The first-order valence-corrected chi connectivity index (χ1v) is 6.00. The van der Waals surface area contributed by atoms with Crippen LogP contribution in [0.1, 0.15) is 37.7 Å². The quantitative estimate of drug-likeness (QED) is 0.815. The minimum Gasteiger partial charge on any atom is -0.503 e. The second-order valence-electron chi connectivity index (χ2n) is 4.83. The topological polar surface area (TPSA) is 57.5 Å². The molecular weight excluding hydrogens is 261 g/mol. The Morgan fingerprint density at radius 2 is 1.68 bits per heavy atom. The van der Waals surface area contributed by atoms with Crippen LogP contribution in [0.25, 0.3) is 0 Å². The molecule has 0 atom stereocenters. The summed E-state index contributed by atoms with van der Waals surface area (Å²) in [7, 11) is 0. The lowest BCUT2D eigenvalue weighted by molar-refractivity contribution is -0.145. The summed E-state index contributed by atoms with van der Waals surface area (Å²) in [6.07, 6.45) is 2.22. The van der Waals surface area contributed by atoms with Crippen molar-refractivity contribution >= 4 is 5.97 Å². The van der Waals surface area contributed by atoms with Gasteiger partial charge in [0.1, 0.15) is 0 Å². The molecule has 0 heterocycles.